The predicted molar refractivity (Wildman–Crippen MR) is 112 cm³/mol. The topological polar surface area (TPSA) is 74.4 Å². The Morgan fingerprint density at radius 3 is 2.75 bits per heavy atom. The Hall–Kier alpha value is -2.64. The minimum absolute atomic E-state index is 0.202. The fourth-order valence-electron chi connectivity index (χ4n) is 3.13. The number of nitrogens with zero attached hydrogens (tertiary/aromatic N) is 1. The van der Waals surface area contributed by atoms with E-state index in [4.69, 9.17) is 16.3 Å². The SMILES string of the molecule is COc1ccc(NC(=O)C2CSCN2C(=O)c2cc3cc(Cl)ccc3[nH]2)cc1. The molecule has 1 fully saturated rings. The highest BCUT2D eigenvalue weighted by Crippen LogP contribution is 2.27. The van der Waals surface area contributed by atoms with Crippen molar-refractivity contribution in [3.05, 3.63) is 59.2 Å². The van der Waals surface area contributed by atoms with Gasteiger partial charge in [0.1, 0.15) is 17.5 Å². The molecule has 1 aliphatic heterocycles. The molecule has 1 unspecified atom stereocenters. The van der Waals surface area contributed by atoms with Gasteiger partial charge >= 0.3 is 0 Å². The summed E-state index contributed by atoms with van der Waals surface area (Å²) in [7, 11) is 1.59. The number of benzene rings is 2. The first kappa shape index (κ1) is 18.7. The Morgan fingerprint density at radius 2 is 2.00 bits per heavy atom. The third kappa shape index (κ3) is 3.68. The van der Waals surface area contributed by atoms with Crippen LogP contribution in [0.25, 0.3) is 10.9 Å². The summed E-state index contributed by atoms with van der Waals surface area (Å²) in [4.78, 5) is 30.5. The van der Waals surface area contributed by atoms with Crippen molar-refractivity contribution in [3.63, 3.8) is 0 Å². The van der Waals surface area contributed by atoms with Crippen molar-refractivity contribution in [2.45, 2.75) is 6.04 Å². The molecule has 1 aliphatic rings. The maximum Gasteiger partial charge on any atom is 0.271 e. The molecule has 2 heterocycles. The molecule has 1 saturated heterocycles. The second-order valence-electron chi connectivity index (χ2n) is 6.42. The number of hydrogen-bond donors (Lipinski definition) is 2. The minimum atomic E-state index is -0.533. The third-order valence-corrected chi connectivity index (χ3v) is 5.86. The van der Waals surface area contributed by atoms with Crippen molar-refractivity contribution in [2.75, 3.05) is 24.1 Å². The van der Waals surface area contributed by atoms with Crippen molar-refractivity contribution < 1.29 is 14.3 Å². The van der Waals surface area contributed by atoms with Crippen LogP contribution in [0.4, 0.5) is 5.69 Å². The molecule has 0 spiro atoms. The average Bonchev–Trinajstić information content (AvgIpc) is 3.34. The first-order valence-corrected chi connectivity index (χ1v) is 10.2. The zero-order valence-electron chi connectivity index (χ0n) is 15.1. The van der Waals surface area contributed by atoms with Crippen LogP contribution in [0.1, 0.15) is 10.5 Å². The highest BCUT2D eigenvalue weighted by Gasteiger charge is 2.35. The number of amides is 2. The van der Waals surface area contributed by atoms with Crippen LogP contribution in [0.15, 0.2) is 48.5 Å². The van der Waals surface area contributed by atoms with Crippen LogP contribution >= 0.6 is 23.4 Å². The maximum atomic E-state index is 13.0. The Balaban J connectivity index is 1.51. The van der Waals surface area contributed by atoms with Gasteiger partial charge in [-0.25, -0.2) is 0 Å². The zero-order chi connectivity index (χ0) is 19.7. The first-order valence-electron chi connectivity index (χ1n) is 8.67. The summed E-state index contributed by atoms with van der Waals surface area (Å²) in [6.45, 7) is 0. The number of methoxy groups -OCH3 is 1. The molecular weight excluding hydrogens is 398 g/mol. The van der Waals surface area contributed by atoms with Gasteiger partial charge < -0.3 is 19.9 Å². The Kier molecular flexibility index (Phi) is 5.19. The number of rotatable bonds is 4. The fourth-order valence-corrected chi connectivity index (χ4v) is 4.47. The number of nitrogens with one attached hydrogen (secondary N) is 2. The molecule has 8 heteroatoms. The van der Waals surface area contributed by atoms with Crippen molar-refractivity contribution in [3.8, 4) is 5.75 Å². The van der Waals surface area contributed by atoms with E-state index in [-0.39, 0.29) is 11.8 Å². The van der Waals surface area contributed by atoms with E-state index in [1.54, 1.807) is 66.2 Å². The lowest BCUT2D eigenvalue weighted by atomic mass is 10.2. The van der Waals surface area contributed by atoms with E-state index in [0.29, 0.717) is 33.8 Å². The number of carbonyl (C=O) groups excluding carboxylic acids is 2. The van der Waals surface area contributed by atoms with Crippen LogP contribution in [-0.4, -0.2) is 46.5 Å². The van der Waals surface area contributed by atoms with Crippen LogP contribution in [0.5, 0.6) is 5.75 Å². The van der Waals surface area contributed by atoms with Gasteiger partial charge in [0.15, 0.2) is 0 Å². The van der Waals surface area contributed by atoms with Crippen LogP contribution in [-0.2, 0) is 4.79 Å². The van der Waals surface area contributed by atoms with Gasteiger partial charge in [0.2, 0.25) is 5.91 Å². The van der Waals surface area contributed by atoms with Crippen molar-refractivity contribution in [1.82, 2.24) is 9.88 Å². The molecular formula is C20H18ClN3O3S. The molecule has 3 aromatic rings. The number of hydrogen-bond acceptors (Lipinski definition) is 4. The summed E-state index contributed by atoms with van der Waals surface area (Å²) in [5.41, 5.74) is 1.94. The minimum Gasteiger partial charge on any atom is -0.497 e. The Morgan fingerprint density at radius 1 is 1.21 bits per heavy atom. The normalized spacial score (nSPS) is 16.4. The van der Waals surface area contributed by atoms with Gasteiger partial charge in [-0.1, -0.05) is 11.6 Å². The fraction of sp³-hybridized carbons (Fsp3) is 0.200. The largest absolute Gasteiger partial charge is 0.497 e. The average molecular weight is 416 g/mol. The number of aromatic amines is 1. The molecule has 2 amide bonds. The molecule has 0 radical (unpaired) electrons. The molecule has 6 nitrogen and oxygen atoms in total. The number of carbonyl (C=O) groups is 2. The lowest BCUT2D eigenvalue weighted by Gasteiger charge is -2.22. The number of anilines is 1. The number of aromatic nitrogens is 1. The summed E-state index contributed by atoms with van der Waals surface area (Å²) in [6, 6.07) is 13.7. The molecule has 144 valence electrons. The molecule has 1 atom stereocenters. The van der Waals surface area contributed by atoms with Gasteiger partial charge in [-0.3, -0.25) is 9.59 Å². The van der Waals surface area contributed by atoms with E-state index >= 15 is 0 Å². The standard InChI is InChI=1S/C20H18ClN3O3S/c1-27-15-5-3-14(4-6-15)22-19(25)18-10-28-11-24(18)20(26)17-9-12-8-13(21)2-7-16(12)23-17/h2-9,18,23H,10-11H2,1H3,(H,22,25). The number of H-pyrrole nitrogens is 1. The van der Waals surface area contributed by atoms with Gasteiger partial charge in [-0.2, -0.15) is 0 Å². The highest BCUT2D eigenvalue weighted by atomic mass is 35.5. The zero-order valence-corrected chi connectivity index (χ0v) is 16.6. The Labute approximate surface area is 171 Å². The van der Waals surface area contributed by atoms with Crippen molar-refractivity contribution >= 4 is 51.8 Å². The Bertz CT molecular complexity index is 1030. The number of ether oxygens (including phenoxy) is 1. The lowest BCUT2D eigenvalue weighted by Crippen LogP contribution is -2.44. The molecule has 2 aromatic carbocycles. The van der Waals surface area contributed by atoms with E-state index < -0.39 is 6.04 Å². The predicted octanol–water partition coefficient (Wildman–Crippen LogP) is 3.98. The van der Waals surface area contributed by atoms with Crippen LogP contribution in [0.2, 0.25) is 5.02 Å². The highest BCUT2D eigenvalue weighted by molar-refractivity contribution is 7.99. The van der Waals surface area contributed by atoms with Gasteiger partial charge in [0.05, 0.1) is 13.0 Å². The van der Waals surface area contributed by atoms with E-state index in [2.05, 4.69) is 10.3 Å². The smallest absolute Gasteiger partial charge is 0.271 e. The summed E-state index contributed by atoms with van der Waals surface area (Å²) in [6.07, 6.45) is 0. The summed E-state index contributed by atoms with van der Waals surface area (Å²) < 4.78 is 5.12. The van der Waals surface area contributed by atoms with Crippen LogP contribution in [0.3, 0.4) is 0 Å². The molecule has 2 N–H and O–H groups in total. The monoisotopic (exact) mass is 415 g/mol. The van der Waals surface area contributed by atoms with E-state index in [9.17, 15) is 9.59 Å². The molecule has 4 rings (SSSR count). The van der Waals surface area contributed by atoms with E-state index in [0.717, 1.165) is 10.9 Å². The number of thioether (sulfide) groups is 1. The lowest BCUT2D eigenvalue weighted by molar-refractivity contribution is -0.119. The summed E-state index contributed by atoms with van der Waals surface area (Å²) in [5.74, 6) is 1.33. The first-order chi connectivity index (χ1) is 13.5. The molecule has 0 saturated carbocycles. The quantitative estimate of drug-likeness (QED) is 0.675. The molecule has 1 aromatic heterocycles. The molecule has 0 aliphatic carbocycles. The van der Waals surface area contributed by atoms with Gasteiger partial charge in [0.25, 0.3) is 5.91 Å². The van der Waals surface area contributed by atoms with Gasteiger partial charge in [-0.15, -0.1) is 11.8 Å². The second-order valence-corrected chi connectivity index (χ2v) is 7.86. The summed E-state index contributed by atoms with van der Waals surface area (Å²) in [5, 5.41) is 4.35. The van der Waals surface area contributed by atoms with E-state index in [1.165, 1.54) is 0 Å². The summed E-state index contributed by atoms with van der Waals surface area (Å²) >= 11 is 7.58. The number of fused-ring (bicyclic) bond motifs is 1. The maximum absolute atomic E-state index is 13.0. The number of halogens is 1. The van der Waals surface area contributed by atoms with Gasteiger partial charge in [-0.05, 0) is 48.5 Å². The third-order valence-electron chi connectivity index (χ3n) is 4.62. The van der Waals surface area contributed by atoms with E-state index in [1.807, 2.05) is 6.07 Å². The molecule has 0 bridgehead atoms. The second kappa shape index (κ2) is 7.77. The van der Waals surface area contributed by atoms with Crippen LogP contribution in [0, 0.1) is 0 Å². The van der Waals surface area contributed by atoms with Crippen molar-refractivity contribution in [1.29, 1.82) is 0 Å². The molecule has 28 heavy (non-hydrogen) atoms. The van der Waals surface area contributed by atoms with Crippen LogP contribution < -0.4 is 10.1 Å². The van der Waals surface area contributed by atoms with Gasteiger partial charge in [0, 0.05) is 27.4 Å². The van der Waals surface area contributed by atoms with Crippen molar-refractivity contribution in [2.24, 2.45) is 0 Å².